The van der Waals surface area contributed by atoms with E-state index in [4.69, 9.17) is 15.2 Å². The van der Waals surface area contributed by atoms with Gasteiger partial charge in [0.25, 0.3) is 10.9 Å². The molecule has 1 spiro atoms. The first-order valence-corrected chi connectivity index (χ1v) is 9.20. The lowest BCUT2D eigenvalue weighted by Gasteiger charge is -2.29. The van der Waals surface area contributed by atoms with Crippen molar-refractivity contribution in [2.24, 2.45) is 16.6 Å². The van der Waals surface area contributed by atoms with E-state index in [2.05, 4.69) is 17.1 Å². The van der Waals surface area contributed by atoms with E-state index in [1.54, 1.807) is 7.11 Å². The van der Waals surface area contributed by atoms with Crippen LogP contribution in [0.3, 0.4) is 0 Å². The number of ether oxygens (including phenoxy) is 2. The van der Waals surface area contributed by atoms with Gasteiger partial charge < -0.3 is 9.47 Å². The molecule has 0 aromatic heterocycles. The molecular weight excluding hydrogens is 336 g/mol. The Labute approximate surface area is 150 Å². The first kappa shape index (κ1) is 16.3. The van der Waals surface area contributed by atoms with E-state index in [9.17, 15) is 10.5 Å². The molecule has 4 rings (SSSR count). The summed E-state index contributed by atoms with van der Waals surface area (Å²) in [5, 5.41) is 19.5. The van der Waals surface area contributed by atoms with E-state index in [-0.39, 0.29) is 0 Å². The summed E-state index contributed by atoms with van der Waals surface area (Å²) in [7, 11) is 1.61. The summed E-state index contributed by atoms with van der Waals surface area (Å²) in [6.07, 6.45) is 0.606. The molecular formula is C18H19N4O2S+. The Balaban J connectivity index is 1.99. The normalized spacial score (nSPS) is 40.9. The van der Waals surface area contributed by atoms with Crippen LogP contribution in [0.4, 0.5) is 0 Å². The fourth-order valence-corrected chi connectivity index (χ4v) is 6.58. The van der Waals surface area contributed by atoms with Crippen molar-refractivity contribution in [2.75, 3.05) is 19.5 Å². The minimum absolute atomic E-state index is 0.337. The molecule has 0 unspecified atom stereocenters. The number of benzene rings is 1. The van der Waals surface area contributed by atoms with Crippen molar-refractivity contribution >= 4 is 17.6 Å². The minimum atomic E-state index is -1.12. The van der Waals surface area contributed by atoms with Crippen molar-refractivity contribution in [2.45, 2.75) is 23.8 Å². The molecule has 6 nitrogen and oxygen atoms in total. The van der Waals surface area contributed by atoms with E-state index in [1.165, 1.54) is 11.8 Å². The molecule has 25 heavy (non-hydrogen) atoms. The molecule has 7 heteroatoms. The number of hydrogen-bond acceptors (Lipinski definition) is 6. The third-order valence-corrected chi connectivity index (χ3v) is 7.42. The Kier molecular flexibility index (Phi) is 3.19. The van der Waals surface area contributed by atoms with Gasteiger partial charge in [-0.05, 0) is 24.1 Å². The fourth-order valence-electron chi connectivity index (χ4n) is 5.19. The predicted octanol–water partition coefficient (Wildman–Crippen LogP) is 0.245. The van der Waals surface area contributed by atoms with Crippen LogP contribution < -0.4 is 15.5 Å². The molecule has 3 aliphatic rings. The first-order chi connectivity index (χ1) is 12.1. The smallest absolute Gasteiger partial charge is 0.278 e. The molecule has 1 aromatic rings. The Morgan fingerprint density at radius 3 is 2.52 bits per heavy atom. The number of thioether (sulfide) groups is 1. The lowest BCUT2D eigenvalue weighted by molar-refractivity contribution is -0.584. The molecule has 2 aliphatic heterocycles. The molecule has 3 N–H and O–H groups in total. The van der Waals surface area contributed by atoms with E-state index >= 15 is 0 Å². The Morgan fingerprint density at radius 2 is 2.04 bits per heavy atom. The lowest BCUT2D eigenvalue weighted by Crippen LogP contribution is -2.88. The molecule has 0 amide bonds. The van der Waals surface area contributed by atoms with E-state index < -0.39 is 21.3 Å². The number of fused-ring (bicyclic) bond motifs is 2. The molecule has 1 aromatic carbocycles. The predicted molar refractivity (Wildman–Crippen MR) is 92.4 cm³/mol. The second-order valence-corrected chi connectivity index (χ2v) is 7.84. The number of nitrogens with one attached hydrogen (secondary N) is 1. The summed E-state index contributed by atoms with van der Waals surface area (Å²) >= 11 is 1.53. The quantitative estimate of drug-likeness (QED) is 0.805. The van der Waals surface area contributed by atoms with Crippen molar-refractivity contribution < 1.29 is 14.5 Å². The van der Waals surface area contributed by atoms with Gasteiger partial charge in [0.15, 0.2) is 10.8 Å². The largest absolute Gasteiger partial charge is 0.497 e. The highest BCUT2D eigenvalue weighted by atomic mass is 32.2. The van der Waals surface area contributed by atoms with Crippen LogP contribution in [0, 0.1) is 33.5 Å². The summed E-state index contributed by atoms with van der Waals surface area (Å²) < 4.78 is 11.3. The summed E-state index contributed by atoms with van der Waals surface area (Å²) in [5.41, 5.74) is 4.35. The highest BCUT2D eigenvalue weighted by Crippen LogP contribution is 2.85. The number of methoxy groups -OCH3 is 1. The third kappa shape index (κ3) is 1.37. The highest BCUT2D eigenvalue weighted by molar-refractivity contribution is 8.00. The zero-order valence-electron chi connectivity index (χ0n) is 14.1. The molecule has 1 saturated carbocycles. The maximum absolute atomic E-state index is 10.3. The van der Waals surface area contributed by atoms with Gasteiger partial charge in [0.2, 0.25) is 0 Å². The molecule has 2 fully saturated rings. The first-order valence-electron chi connectivity index (χ1n) is 8.22. The number of rotatable bonds is 3. The molecule has 4 atom stereocenters. The van der Waals surface area contributed by atoms with Crippen molar-refractivity contribution in [3.05, 3.63) is 29.8 Å². The standard InChI is InChI=1S/C18H18N4O2S/c1-3-15(12-4-6-13(23-2)7-5-12)16(10-19)14(21)22-18(17(15,16)11-20)24-8-9-25-18/h4-7H,3,8-9H2,1-2H3,(H2,21,22)/p+1/t15-,16+,17-,18-/m1/s1. The Morgan fingerprint density at radius 1 is 1.32 bits per heavy atom. The highest BCUT2D eigenvalue weighted by Gasteiger charge is 3.03. The van der Waals surface area contributed by atoms with Gasteiger partial charge in [0.05, 0.1) is 31.3 Å². The number of amidine groups is 1. The monoisotopic (exact) mass is 355 g/mol. The molecule has 0 bridgehead atoms. The van der Waals surface area contributed by atoms with Crippen LogP contribution in [0.1, 0.15) is 18.9 Å². The van der Waals surface area contributed by atoms with Crippen LogP contribution in [-0.4, -0.2) is 30.4 Å². The summed E-state index contributed by atoms with van der Waals surface area (Å²) in [6.45, 7) is 2.53. The fraction of sp³-hybridized carbons (Fsp3) is 0.500. The zero-order chi connectivity index (χ0) is 17.9. The summed E-state index contributed by atoms with van der Waals surface area (Å²) in [6, 6.07) is 12.5. The van der Waals surface area contributed by atoms with Crippen LogP contribution >= 0.6 is 11.8 Å². The molecule has 2 heterocycles. The van der Waals surface area contributed by atoms with E-state index in [0.717, 1.165) is 17.1 Å². The van der Waals surface area contributed by atoms with Gasteiger partial charge >= 0.3 is 0 Å². The summed E-state index contributed by atoms with van der Waals surface area (Å²) in [4.78, 5) is 3.16. The van der Waals surface area contributed by atoms with Gasteiger partial charge in [0.1, 0.15) is 5.75 Å². The number of hydrogen-bond donors (Lipinski definition) is 2. The minimum Gasteiger partial charge on any atom is -0.497 e. The molecule has 1 saturated heterocycles. The van der Waals surface area contributed by atoms with Crippen LogP contribution in [0.15, 0.2) is 24.3 Å². The molecule has 128 valence electrons. The average Bonchev–Trinajstić information content (AvgIpc) is 2.85. The van der Waals surface area contributed by atoms with Crippen molar-refractivity contribution in [3.8, 4) is 17.9 Å². The van der Waals surface area contributed by atoms with Crippen LogP contribution in [0.2, 0.25) is 0 Å². The lowest BCUT2D eigenvalue weighted by atomic mass is 9.81. The second-order valence-electron chi connectivity index (χ2n) is 6.56. The summed E-state index contributed by atoms with van der Waals surface area (Å²) in [5.74, 6) is 1.82. The van der Waals surface area contributed by atoms with Crippen molar-refractivity contribution in [3.63, 3.8) is 0 Å². The van der Waals surface area contributed by atoms with Crippen LogP contribution in [0.25, 0.3) is 0 Å². The maximum atomic E-state index is 10.3. The second kappa shape index (κ2) is 4.91. The van der Waals surface area contributed by atoms with Gasteiger partial charge in [-0.1, -0.05) is 30.8 Å². The van der Waals surface area contributed by atoms with Gasteiger partial charge in [-0.25, -0.2) is 4.99 Å². The van der Waals surface area contributed by atoms with Gasteiger partial charge in [-0.15, -0.1) is 0 Å². The van der Waals surface area contributed by atoms with Gasteiger partial charge in [0, 0.05) is 5.75 Å². The zero-order valence-corrected chi connectivity index (χ0v) is 14.9. The number of nitrogens with zero attached hydrogens (tertiary/aromatic N) is 2. The third-order valence-electron chi connectivity index (χ3n) is 6.12. The van der Waals surface area contributed by atoms with Gasteiger partial charge in [-0.2, -0.15) is 10.5 Å². The topological polar surface area (TPSA) is 106 Å². The molecule has 0 radical (unpaired) electrons. The molecule has 1 aliphatic carbocycles. The van der Waals surface area contributed by atoms with Crippen molar-refractivity contribution in [1.82, 2.24) is 0 Å². The maximum Gasteiger partial charge on any atom is 0.278 e. The average molecular weight is 355 g/mol. The number of nitrogens with two attached hydrogens (primary N) is 1. The Hall–Kier alpha value is -2.22. The van der Waals surface area contributed by atoms with E-state index in [0.29, 0.717) is 18.9 Å². The van der Waals surface area contributed by atoms with Crippen LogP contribution in [-0.2, 0) is 10.2 Å². The van der Waals surface area contributed by atoms with Crippen LogP contribution in [0.5, 0.6) is 5.75 Å². The van der Waals surface area contributed by atoms with Crippen molar-refractivity contribution in [1.29, 1.82) is 10.5 Å². The SMILES string of the molecule is CC[C@@]1(c2ccc(OC)cc2)[C@]2(C#N)C(N)=[NH+][C@@]3(OCCS3)[C@@]21C#N. The number of nitriles is 2. The Bertz CT molecular complexity index is 849. The van der Waals surface area contributed by atoms with Gasteiger partial charge in [-0.3, -0.25) is 5.73 Å². The van der Waals surface area contributed by atoms with E-state index in [1.807, 2.05) is 31.2 Å².